The van der Waals surface area contributed by atoms with Gasteiger partial charge in [0.05, 0.1) is 11.8 Å². The van der Waals surface area contributed by atoms with Gasteiger partial charge in [0.25, 0.3) is 5.91 Å². The molecule has 0 unspecified atom stereocenters. The summed E-state index contributed by atoms with van der Waals surface area (Å²) >= 11 is 0. The molecule has 0 bridgehead atoms. The number of epoxide rings is 1. The zero-order valence-electron chi connectivity index (χ0n) is 8.45. The van der Waals surface area contributed by atoms with Gasteiger partial charge in [-0.3, -0.25) is 4.79 Å². The van der Waals surface area contributed by atoms with Gasteiger partial charge in [0, 0.05) is 12.6 Å². The molecule has 15 heavy (non-hydrogen) atoms. The Balaban J connectivity index is 2.25. The molecule has 1 aromatic rings. The lowest BCUT2D eigenvalue weighted by molar-refractivity contribution is -0.122. The number of hydrogen-bond donors (Lipinski definition) is 0. The third-order valence-electron chi connectivity index (χ3n) is 3.22. The fourth-order valence-corrected chi connectivity index (χ4v) is 2.32. The van der Waals surface area contributed by atoms with Gasteiger partial charge in [-0.1, -0.05) is 0 Å². The predicted molar refractivity (Wildman–Crippen MR) is 52.0 cm³/mol. The van der Waals surface area contributed by atoms with E-state index in [1.807, 2.05) is 6.92 Å². The minimum Gasteiger partial charge on any atom is -0.351 e. The van der Waals surface area contributed by atoms with Gasteiger partial charge in [-0.05, 0) is 25.1 Å². The first-order valence-corrected chi connectivity index (χ1v) is 4.83. The molecule has 2 aliphatic heterocycles. The van der Waals surface area contributed by atoms with Crippen molar-refractivity contribution in [2.24, 2.45) is 0 Å². The molecule has 2 atom stereocenters. The van der Waals surface area contributed by atoms with E-state index in [1.54, 1.807) is 13.1 Å². The fraction of sp³-hybridized carbons (Fsp3) is 0.364. The van der Waals surface area contributed by atoms with E-state index in [0.29, 0.717) is 5.56 Å². The SMILES string of the molecule is C[C@H]1O[C@]12C(=O)N(C)c1ccc(F)cc12. The highest BCUT2D eigenvalue weighted by Gasteiger charge is 2.66. The molecule has 3 nitrogen and oxygen atoms in total. The molecule has 3 rings (SSSR count). The van der Waals surface area contributed by atoms with Crippen LogP contribution in [-0.4, -0.2) is 19.1 Å². The number of carbonyl (C=O) groups is 1. The molecule has 0 radical (unpaired) electrons. The Morgan fingerprint density at radius 1 is 1.53 bits per heavy atom. The standard InChI is InChI=1S/C11H10FNO2/c1-6-11(15-6)8-5-7(12)3-4-9(8)13(2)10(11)14/h3-6H,1-2H3/t6-,11-/m1/s1. The molecule has 0 aliphatic carbocycles. The number of benzene rings is 1. The molecule has 4 heteroatoms. The van der Waals surface area contributed by atoms with Crippen LogP contribution in [0.3, 0.4) is 0 Å². The molecule has 0 saturated carbocycles. The van der Waals surface area contributed by atoms with Gasteiger partial charge in [-0.25, -0.2) is 4.39 Å². The summed E-state index contributed by atoms with van der Waals surface area (Å²) in [5, 5.41) is 0. The molecule has 1 fully saturated rings. The normalized spacial score (nSPS) is 32.3. The van der Waals surface area contributed by atoms with E-state index in [4.69, 9.17) is 4.74 Å². The third kappa shape index (κ3) is 0.855. The van der Waals surface area contributed by atoms with Gasteiger partial charge in [-0.2, -0.15) is 0 Å². The van der Waals surface area contributed by atoms with Crippen LogP contribution in [0.4, 0.5) is 10.1 Å². The van der Waals surface area contributed by atoms with Gasteiger partial charge in [0.15, 0.2) is 5.60 Å². The van der Waals surface area contributed by atoms with Crippen molar-refractivity contribution in [3.63, 3.8) is 0 Å². The van der Waals surface area contributed by atoms with Crippen LogP contribution in [0.5, 0.6) is 0 Å². The van der Waals surface area contributed by atoms with Crippen molar-refractivity contribution in [1.82, 2.24) is 0 Å². The lowest BCUT2D eigenvalue weighted by atomic mass is 9.97. The summed E-state index contributed by atoms with van der Waals surface area (Å²) in [5.74, 6) is -0.436. The van der Waals surface area contributed by atoms with Gasteiger partial charge in [-0.15, -0.1) is 0 Å². The van der Waals surface area contributed by atoms with E-state index in [9.17, 15) is 9.18 Å². The number of anilines is 1. The number of carbonyl (C=O) groups excluding carboxylic acids is 1. The molecule has 0 aromatic heterocycles. The maximum absolute atomic E-state index is 13.1. The van der Waals surface area contributed by atoms with Crippen LogP contribution < -0.4 is 4.90 Å². The number of ether oxygens (including phenoxy) is 1. The Hall–Kier alpha value is -1.42. The van der Waals surface area contributed by atoms with Crippen LogP contribution in [0.25, 0.3) is 0 Å². The highest BCUT2D eigenvalue weighted by Crippen LogP contribution is 2.55. The topological polar surface area (TPSA) is 32.8 Å². The smallest absolute Gasteiger partial charge is 0.266 e. The van der Waals surface area contributed by atoms with Crippen molar-refractivity contribution in [3.05, 3.63) is 29.6 Å². The number of halogens is 1. The lowest BCUT2D eigenvalue weighted by Crippen LogP contribution is -2.30. The van der Waals surface area contributed by atoms with E-state index in [2.05, 4.69) is 0 Å². The largest absolute Gasteiger partial charge is 0.351 e. The zero-order valence-corrected chi connectivity index (χ0v) is 8.45. The van der Waals surface area contributed by atoms with Crippen molar-refractivity contribution in [2.45, 2.75) is 18.6 Å². The number of hydrogen-bond acceptors (Lipinski definition) is 2. The molecular weight excluding hydrogens is 197 g/mol. The Labute approximate surface area is 86.4 Å². The average molecular weight is 207 g/mol. The molecule has 1 spiro atoms. The number of amides is 1. The average Bonchev–Trinajstić information content (AvgIpc) is 2.84. The Kier molecular flexibility index (Phi) is 1.41. The lowest BCUT2D eigenvalue weighted by Gasteiger charge is -2.08. The molecule has 1 saturated heterocycles. The van der Waals surface area contributed by atoms with Gasteiger partial charge >= 0.3 is 0 Å². The molecule has 78 valence electrons. The van der Waals surface area contributed by atoms with Gasteiger partial charge in [0.2, 0.25) is 0 Å². The molecule has 0 N–H and O–H groups in total. The summed E-state index contributed by atoms with van der Waals surface area (Å²) in [7, 11) is 1.68. The number of fused-ring (bicyclic) bond motifs is 2. The predicted octanol–water partition coefficient (Wildman–Crippen LogP) is 1.42. The monoisotopic (exact) mass is 207 g/mol. The third-order valence-corrected chi connectivity index (χ3v) is 3.22. The van der Waals surface area contributed by atoms with Crippen LogP contribution in [0.1, 0.15) is 12.5 Å². The van der Waals surface area contributed by atoms with Gasteiger partial charge < -0.3 is 9.64 Å². The minimum atomic E-state index is -0.897. The maximum Gasteiger partial charge on any atom is 0.266 e. The van der Waals surface area contributed by atoms with Crippen molar-refractivity contribution in [1.29, 1.82) is 0 Å². The minimum absolute atomic E-state index is 0.101. The summed E-state index contributed by atoms with van der Waals surface area (Å²) < 4.78 is 18.5. The van der Waals surface area contributed by atoms with Crippen molar-refractivity contribution >= 4 is 11.6 Å². The fourth-order valence-electron chi connectivity index (χ4n) is 2.32. The second-order valence-corrected chi connectivity index (χ2v) is 4.02. The van der Waals surface area contributed by atoms with Crippen LogP contribution in [-0.2, 0) is 15.1 Å². The zero-order chi connectivity index (χ0) is 10.8. The summed E-state index contributed by atoms with van der Waals surface area (Å²) in [4.78, 5) is 13.5. The second kappa shape index (κ2) is 2.39. The molecule has 2 heterocycles. The highest BCUT2D eigenvalue weighted by atomic mass is 19.1. The Morgan fingerprint density at radius 2 is 2.20 bits per heavy atom. The van der Waals surface area contributed by atoms with Crippen LogP contribution in [0, 0.1) is 5.82 Å². The van der Waals surface area contributed by atoms with E-state index in [1.165, 1.54) is 17.0 Å². The van der Waals surface area contributed by atoms with Crippen molar-refractivity contribution in [2.75, 3.05) is 11.9 Å². The van der Waals surface area contributed by atoms with Crippen LogP contribution in [0.2, 0.25) is 0 Å². The van der Waals surface area contributed by atoms with Crippen LogP contribution in [0.15, 0.2) is 18.2 Å². The summed E-state index contributed by atoms with van der Waals surface area (Å²) in [6, 6.07) is 4.36. The van der Waals surface area contributed by atoms with E-state index >= 15 is 0 Å². The summed E-state index contributed by atoms with van der Waals surface area (Å²) in [6.07, 6.45) is -0.157. The van der Waals surface area contributed by atoms with Gasteiger partial charge in [0.1, 0.15) is 5.82 Å². The van der Waals surface area contributed by atoms with Crippen LogP contribution >= 0.6 is 0 Å². The van der Waals surface area contributed by atoms with E-state index < -0.39 is 5.60 Å². The van der Waals surface area contributed by atoms with E-state index in [-0.39, 0.29) is 17.8 Å². The number of rotatable bonds is 0. The van der Waals surface area contributed by atoms with Crippen molar-refractivity contribution in [3.8, 4) is 0 Å². The van der Waals surface area contributed by atoms with Crippen molar-refractivity contribution < 1.29 is 13.9 Å². The number of likely N-dealkylation sites (N-methyl/N-ethyl adjacent to an activating group) is 1. The Morgan fingerprint density at radius 3 is 2.80 bits per heavy atom. The molecule has 1 aromatic carbocycles. The maximum atomic E-state index is 13.1. The first-order chi connectivity index (χ1) is 7.07. The first kappa shape index (κ1) is 8.85. The summed E-state index contributed by atoms with van der Waals surface area (Å²) in [5.41, 5.74) is 0.500. The summed E-state index contributed by atoms with van der Waals surface area (Å²) in [6.45, 7) is 1.83. The Bertz CT molecular complexity index is 474. The first-order valence-electron chi connectivity index (χ1n) is 4.83. The second-order valence-electron chi connectivity index (χ2n) is 4.02. The molecule has 1 amide bonds. The van der Waals surface area contributed by atoms with E-state index in [0.717, 1.165) is 5.69 Å². The number of nitrogens with zero attached hydrogens (tertiary/aromatic N) is 1. The molecule has 2 aliphatic rings. The highest BCUT2D eigenvalue weighted by molar-refractivity contribution is 6.08. The molecular formula is C11H10FNO2. The quantitative estimate of drug-likeness (QED) is 0.603.